The maximum atomic E-state index is 12.6. The average molecular weight is 454 g/mol. The summed E-state index contributed by atoms with van der Waals surface area (Å²) in [6, 6.07) is -0.811. The van der Waals surface area contributed by atoms with E-state index >= 15 is 0 Å². The van der Waals surface area contributed by atoms with E-state index in [1.54, 1.807) is 6.92 Å². The molecule has 10 nitrogen and oxygen atoms in total. The van der Waals surface area contributed by atoms with Crippen molar-refractivity contribution >= 4 is 41.2 Å². The number of carbonyl (C=O) groups is 4. The minimum absolute atomic E-state index is 0.102. The van der Waals surface area contributed by atoms with Crippen molar-refractivity contribution < 1.29 is 33.9 Å². The molecule has 2 N–H and O–H groups in total. The van der Waals surface area contributed by atoms with Crippen LogP contribution in [0.25, 0.3) is 0 Å². The number of carboxylic acids is 1. The summed E-state index contributed by atoms with van der Waals surface area (Å²) in [5.41, 5.74) is 1.19. The summed E-state index contributed by atoms with van der Waals surface area (Å²) in [5, 5.41) is 15.9. The van der Waals surface area contributed by atoms with Gasteiger partial charge in [-0.2, -0.15) is 0 Å². The average Bonchev–Trinajstić information content (AvgIpc) is 2.75. The van der Waals surface area contributed by atoms with Crippen LogP contribution in [0, 0.1) is 5.92 Å². The summed E-state index contributed by atoms with van der Waals surface area (Å²) in [7, 11) is 0. The Morgan fingerprint density at radius 3 is 2.65 bits per heavy atom. The molecule has 0 aromatic rings. The summed E-state index contributed by atoms with van der Waals surface area (Å²) in [6.07, 6.45) is 5.25. The number of hydrogen-bond acceptors (Lipinski definition) is 8. The van der Waals surface area contributed by atoms with Crippen LogP contribution in [0.5, 0.6) is 0 Å². The van der Waals surface area contributed by atoms with Gasteiger partial charge in [0.1, 0.15) is 30.3 Å². The fourth-order valence-electron chi connectivity index (χ4n) is 3.65. The van der Waals surface area contributed by atoms with Crippen molar-refractivity contribution in [3.05, 3.63) is 11.3 Å². The van der Waals surface area contributed by atoms with E-state index in [1.807, 2.05) is 0 Å². The minimum atomic E-state index is -1.27. The predicted octanol–water partition coefficient (Wildman–Crippen LogP) is 1.26. The lowest BCUT2D eigenvalue weighted by Gasteiger charge is -2.49. The molecule has 11 heteroatoms. The quantitative estimate of drug-likeness (QED) is 0.319. The molecule has 0 aromatic carbocycles. The van der Waals surface area contributed by atoms with Crippen molar-refractivity contribution in [3.63, 3.8) is 0 Å². The highest BCUT2D eigenvalue weighted by atomic mass is 32.2. The van der Waals surface area contributed by atoms with Crippen molar-refractivity contribution in [1.29, 1.82) is 0 Å². The highest BCUT2D eigenvalue weighted by molar-refractivity contribution is 8.00. The van der Waals surface area contributed by atoms with Crippen LogP contribution in [0.3, 0.4) is 0 Å². The Kier molecular flexibility index (Phi) is 7.58. The summed E-state index contributed by atoms with van der Waals surface area (Å²) < 4.78 is 4.90. The first-order valence-electron chi connectivity index (χ1n) is 10.3. The van der Waals surface area contributed by atoms with E-state index in [2.05, 4.69) is 10.5 Å². The summed E-state index contributed by atoms with van der Waals surface area (Å²) in [5.74, 6) is -2.89. The maximum Gasteiger partial charge on any atom is 0.352 e. The zero-order valence-electron chi connectivity index (χ0n) is 17.6. The van der Waals surface area contributed by atoms with Gasteiger partial charge < -0.3 is 20.0 Å². The maximum absolute atomic E-state index is 12.6. The van der Waals surface area contributed by atoms with E-state index in [9.17, 15) is 24.3 Å². The van der Waals surface area contributed by atoms with Gasteiger partial charge >= 0.3 is 11.9 Å². The second kappa shape index (κ2) is 10.2. The number of ether oxygens (including phenoxy) is 1. The SMILES string of the molecule is CC(=O)OCC1=C(C(=O)O)N2C(=O)[C@@H](NC(=O)[C@H](C)CON=C3CCCCC3)[C@H]2SC1. The van der Waals surface area contributed by atoms with Gasteiger partial charge in [0, 0.05) is 18.2 Å². The van der Waals surface area contributed by atoms with Crippen molar-refractivity contribution in [2.24, 2.45) is 11.1 Å². The van der Waals surface area contributed by atoms with Crippen LogP contribution in [-0.2, 0) is 28.8 Å². The number of rotatable bonds is 8. The molecule has 170 valence electrons. The van der Waals surface area contributed by atoms with Crippen LogP contribution in [0.4, 0.5) is 0 Å². The molecular weight excluding hydrogens is 426 g/mol. The van der Waals surface area contributed by atoms with Gasteiger partial charge in [-0.05, 0) is 25.7 Å². The molecule has 0 bridgehead atoms. The Balaban J connectivity index is 1.55. The molecule has 2 amide bonds. The van der Waals surface area contributed by atoms with Crippen LogP contribution in [0.15, 0.2) is 16.4 Å². The molecule has 3 aliphatic rings. The van der Waals surface area contributed by atoms with E-state index in [4.69, 9.17) is 9.57 Å². The van der Waals surface area contributed by atoms with Gasteiger partial charge in [-0.15, -0.1) is 11.8 Å². The minimum Gasteiger partial charge on any atom is -0.477 e. The number of nitrogens with zero attached hydrogens (tertiary/aromatic N) is 2. The van der Waals surface area contributed by atoms with Crippen LogP contribution >= 0.6 is 11.8 Å². The molecule has 0 aromatic heterocycles. The molecule has 1 aliphatic carbocycles. The Morgan fingerprint density at radius 2 is 2.00 bits per heavy atom. The van der Waals surface area contributed by atoms with Crippen LogP contribution in [0.1, 0.15) is 46.0 Å². The Labute approximate surface area is 184 Å². The fourth-order valence-corrected chi connectivity index (χ4v) is 4.97. The summed E-state index contributed by atoms with van der Waals surface area (Å²) in [4.78, 5) is 54.4. The van der Waals surface area contributed by atoms with Crippen molar-refractivity contribution in [2.75, 3.05) is 19.0 Å². The molecule has 2 heterocycles. The Morgan fingerprint density at radius 1 is 1.29 bits per heavy atom. The second-order valence-electron chi connectivity index (χ2n) is 7.85. The molecule has 3 rings (SSSR count). The number of β-lactam (4-membered cyclic amide) rings is 1. The topological polar surface area (TPSA) is 135 Å². The first-order chi connectivity index (χ1) is 14.8. The molecular formula is C20H27N3O7S. The number of amides is 2. The number of esters is 1. The molecule has 0 spiro atoms. The van der Waals surface area contributed by atoms with E-state index in [1.165, 1.54) is 25.1 Å². The van der Waals surface area contributed by atoms with E-state index in [0.29, 0.717) is 5.57 Å². The number of fused-ring (bicyclic) bond motifs is 1. The zero-order valence-corrected chi connectivity index (χ0v) is 18.4. The Bertz CT molecular complexity index is 818. The van der Waals surface area contributed by atoms with Gasteiger partial charge in [0.2, 0.25) is 5.91 Å². The third-order valence-electron chi connectivity index (χ3n) is 5.39. The Hall–Kier alpha value is -2.56. The number of aliphatic carboxylic acids is 1. The molecule has 31 heavy (non-hydrogen) atoms. The third kappa shape index (κ3) is 5.38. The van der Waals surface area contributed by atoms with Crippen molar-refractivity contribution in [1.82, 2.24) is 10.2 Å². The number of hydrogen-bond donors (Lipinski definition) is 2. The molecule has 3 atom stereocenters. The zero-order chi connectivity index (χ0) is 22.5. The van der Waals surface area contributed by atoms with Crippen LogP contribution < -0.4 is 5.32 Å². The summed E-state index contributed by atoms with van der Waals surface area (Å²) >= 11 is 1.32. The lowest BCUT2D eigenvalue weighted by Crippen LogP contribution is -2.71. The molecule has 2 aliphatic heterocycles. The fraction of sp³-hybridized carbons (Fsp3) is 0.650. The first kappa shape index (κ1) is 23.1. The van der Waals surface area contributed by atoms with Crippen LogP contribution in [-0.4, -0.2) is 69.9 Å². The highest BCUT2D eigenvalue weighted by Gasteiger charge is 2.54. The smallest absolute Gasteiger partial charge is 0.352 e. The molecule has 2 fully saturated rings. The summed E-state index contributed by atoms with van der Waals surface area (Å²) in [6.45, 7) is 2.83. The number of nitrogens with one attached hydrogen (secondary N) is 1. The highest BCUT2D eigenvalue weighted by Crippen LogP contribution is 2.40. The predicted molar refractivity (Wildman–Crippen MR) is 112 cm³/mol. The van der Waals surface area contributed by atoms with Crippen molar-refractivity contribution in [2.45, 2.75) is 57.4 Å². The number of carbonyl (C=O) groups excluding carboxylic acids is 3. The largest absolute Gasteiger partial charge is 0.477 e. The molecule has 1 saturated heterocycles. The van der Waals surface area contributed by atoms with Gasteiger partial charge in [0.15, 0.2) is 0 Å². The van der Waals surface area contributed by atoms with Gasteiger partial charge in [-0.1, -0.05) is 18.5 Å². The molecule has 1 saturated carbocycles. The number of carboxylic acid groups (broad SMARTS) is 1. The lowest BCUT2D eigenvalue weighted by atomic mass is 9.99. The van der Waals surface area contributed by atoms with Gasteiger partial charge in [-0.3, -0.25) is 19.3 Å². The standard InChI is InChI=1S/C20H27N3O7S/c1-11(8-30-22-14-6-4-3-5-7-14)17(25)21-15-18(26)23-16(20(27)28)13(9-29-12(2)24)10-31-19(15)23/h11,15,19H,3-10H2,1-2H3,(H,21,25)(H,27,28)/t11-,15-,19-/m1/s1. The monoisotopic (exact) mass is 453 g/mol. The normalized spacial score (nSPS) is 24.0. The van der Waals surface area contributed by atoms with E-state index in [-0.39, 0.29) is 30.6 Å². The van der Waals surface area contributed by atoms with Gasteiger partial charge in [0.05, 0.1) is 11.6 Å². The van der Waals surface area contributed by atoms with Crippen molar-refractivity contribution in [3.8, 4) is 0 Å². The molecule has 0 radical (unpaired) electrons. The van der Waals surface area contributed by atoms with Gasteiger partial charge in [0.25, 0.3) is 5.91 Å². The number of oxime groups is 1. The molecule has 0 unspecified atom stereocenters. The number of thioether (sulfide) groups is 1. The van der Waals surface area contributed by atoms with E-state index < -0.39 is 35.2 Å². The second-order valence-corrected chi connectivity index (χ2v) is 8.95. The van der Waals surface area contributed by atoms with Gasteiger partial charge in [-0.25, -0.2) is 4.79 Å². The lowest BCUT2D eigenvalue weighted by molar-refractivity contribution is -0.151. The first-order valence-corrected chi connectivity index (χ1v) is 11.4. The van der Waals surface area contributed by atoms with Crippen LogP contribution in [0.2, 0.25) is 0 Å². The third-order valence-corrected chi connectivity index (χ3v) is 6.73. The van der Waals surface area contributed by atoms with E-state index in [0.717, 1.165) is 36.3 Å².